The molecular formula is C64H48Cl4N2O2. The molecule has 0 saturated heterocycles. The number of benzene rings is 9. The standard InChI is InChI=1S/C64H48Cl4N2O2/c65-59-57-58(60(66)62(68)61(59)67)64(72-63(57)71,39-55(49-27-15-5-16-28-49)51-31-35-53(36-32-51)69(41-45-19-7-1-8-20-45)42-46-21-9-2-10-22-46)40-56(50-29-17-6-18-30-50)52-33-37-54(38-34-52)70(43-47-23-11-3-12-24-47)44-48-25-13-4-14-26-48/h1-40H,41-44H2/b55-39+,56-40+. The molecule has 0 spiro atoms. The number of carbonyl (C=O) groups excluding carboxylic acids is 1. The highest BCUT2D eigenvalue weighted by molar-refractivity contribution is 6.53. The van der Waals surface area contributed by atoms with Crippen LogP contribution in [0.4, 0.5) is 11.4 Å². The molecule has 0 bridgehead atoms. The van der Waals surface area contributed by atoms with E-state index in [1.807, 2.05) is 97.1 Å². The third-order valence-electron chi connectivity index (χ3n) is 13.0. The summed E-state index contributed by atoms with van der Waals surface area (Å²) >= 11 is 27.9. The van der Waals surface area contributed by atoms with E-state index in [0.29, 0.717) is 31.7 Å². The second-order valence-corrected chi connectivity index (χ2v) is 19.3. The smallest absolute Gasteiger partial charge is 0.341 e. The minimum Gasteiger partial charge on any atom is -0.442 e. The highest BCUT2D eigenvalue weighted by Gasteiger charge is 2.48. The molecule has 0 aliphatic carbocycles. The van der Waals surface area contributed by atoms with Gasteiger partial charge in [-0.25, -0.2) is 4.79 Å². The van der Waals surface area contributed by atoms with Crippen molar-refractivity contribution in [2.24, 2.45) is 0 Å². The predicted molar refractivity (Wildman–Crippen MR) is 299 cm³/mol. The SMILES string of the molecule is O=C1OC(/C=C(\c2ccccc2)c2ccc(N(Cc3ccccc3)Cc3ccccc3)cc2)(/C=C(\c2ccccc2)c2ccc(N(Cc3ccccc3)Cc3ccccc3)cc2)c2c(Cl)c(Cl)c(Cl)c(Cl)c21. The van der Waals surface area contributed by atoms with Crippen molar-refractivity contribution >= 4 is 74.9 Å². The van der Waals surface area contributed by atoms with Crippen molar-refractivity contribution in [3.8, 4) is 0 Å². The molecule has 0 amide bonds. The summed E-state index contributed by atoms with van der Waals surface area (Å²) in [4.78, 5) is 19.3. The van der Waals surface area contributed by atoms with Gasteiger partial charge in [-0.3, -0.25) is 0 Å². The van der Waals surface area contributed by atoms with Gasteiger partial charge in [-0.2, -0.15) is 0 Å². The van der Waals surface area contributed by atoms with Gasteiger partial charge in [0.2, 0.25) is 0 Å². The van der Waals surface area contributed by atoms with Crippen LogP contribution in [0.1, 0.15) is 60.4 Å². The van der Waals surface area contributed by atoms with Crippen LogP contribution < -0.4 is 9.80 Å². The molecule has 0 radical (unpaired) electrons. The van der Waals surface area contributed by atoms with Crippen LogP contribution in [0.15, 0.2) is 243 Å². The Bertz CT molecular complexity index is 3090. The number of ether oxygens (including phenoxy) is 1. The van der Waals surface area contributed by atoms with Crippen LogP contribution in [-0.2, 0) is 36.5 Å². The first-order valence-electron chi connectivity index (χ1n) is 23.8. The van der Waals surface area contributed by atoms with Crippen molar-refractivity contribution in [3.63, 3.8) is 0 Å². The zero-order chi connectivity index (χ0) is 49.4. The molecule has 1 aliphatic heterocycles. The van der Waals surface area contributed by atoms with Crippen LogP contribution in [0, 0.1) is 0 Å². The van der Waals surface area contributed by atoms with Crippen LogP contribution in [0.3, 0.4) is 0 Å². The van der Waals surface area contributed by atoms with Gasteiger partial charge < -0.3 is 14.5 Å². The number of carbonyl (C=O) groups is 1. The number of fused-ring (bicyclic) bond motifs is 1. The second kappa shape index (κ2) is 22.0. The third kappa shape index (κ3) is 10.6. The molecule has 354 valence electrons. The normalized spacial score (nSPS) is 13.1. The summed E-state index contributed by atoms with van der Waals surface area (Å²) in [7, 11) is 0. The van der Waals surface area contributed by atoms with Crippen LogP contribution in [-0.4, -0.2) is 5.97 Å². The van der Waals surface area contributed by atoms with Gasteiger partial charge in [0.15, 0.2) is 5.60 Å². The molecule has 10 rings (SSSR count). The van der Waals surface area contributed by atoms with Gasteiger partial charge in [-0.15, -0.1) is 0 Å². The number of anilines is 2. The lowest BCUT2D eigenvalue weighted by molar-refractivity contribution is 0.0300. The monoisotopic (exact) mass is 1020 g/mol. The zero-order valence-corrected chi connectivity index (χ0v) is 42.2. The Kier molecular flexibility index (Phi) is 14.8. The van der Waals surface area contributed by atoms with E-state index in [0.717, 1.165) is 44.8 Å². The number of rotatable bonds is 16. The van der Waals surface area contributed by atoms with Crippen LogP contribution >= 0.6 is 46.4 Å². The molecule has 1 heterocycles. The van der Waals surface area contributed by atoms with E-state index < -0.39 is 11.6 Å². The highest BCUT2D eigenvalue weighted by atomic mass is 35.5. The average molecular weight is 1020 g/mol. The molecule has 0 aromatic heterocycles. The number of esters is 1. The Hall–Kier alpha value is -7.31. The van der Waals surface area contributed by atoms with E-state index in [2.05, 4.69) is 155 Å². The Labute approximate surface area is 441 Å². The summed E-state index contributed by atoms with van der Waals surface area (Å²) in [5.74, 6) is -0.677. The molecule has 0 saturated carbocycles. The number of hydrogen-bond donors (Lipinski definition) is 0. The van der Waals surface area contributed by atoms with Gasteiger partial charge in [0, 0.05) is 43.1 Å². The minimum atomic E-state index is -1.66. The van der Waals surface area contributed by atoms with Crippen molar-refractivity contribution in [2.75, 3.05) is 9.80 Å². The van der Waals surface area contributed by atoms with E-state index in [4.69, 9.17) is 51.1 Å². The number of nitrogens with zero attached hydrogens (tertiary/aromatic N) is 2. The van der Waals surface area contributed by atoms with Crippen LogP contribution in [0.25, 0.3) is 11.1 Å². The first-order valence-corrected chi connectivity index (χ1v) is 25.3. The first-order chi connectivity index (χ1) is 35.2. The quantitative estimate of drug-likeness (QED) is 0.0549. The van der Waals surface area contributed by atoms with Gasteiger partial charge in [-0.05, 0) is 92.1 Å². The molecule has 72 heavy (non-hydrogen) atoms. The molecule has 0 N–H and O–H groups in total. The van der Waals surface area contributed by atoms with E-state index >= 15 is 0 Å². The maximum Gasteiger partial charge on any atom is 0.341 e. The summed E-state index contributed by atoms with van der Waals surface area (Å²) < 4.78 is 6.73. The van der Waals surface area contributed by atoms with Crippen molar-refractivity contribution in [2.45, 2.75) is 31.8 Å². The third-order valence-corrected chi connectivity index (χ3v) is 14.8. The lowest BCUT2D eigenvalue weighted by Crippen LogP contribution is -2.23. The lowest BCUT2D eigenvalue weighted by Gasteiger charge is -2.28. The van der Waals surface area contributed by atoms with Crippen molar-refractivity contribution in [1.82, 2.24) is 0 Å². The Balaban J connectivity index is 1.14. The van der Waals surface area contributed by atoms with E-state index in [1.54, 1.807) is 0 Å². The summed E-state index contributed by atoms with van der Waals surface area (Å²) in [6, 6.07) is 79.1. The van der Waals surface area contributed by atoms with Crippen LogP contribution in [0.5, 0.6) is 0 Å². The number of halogens is 4. The van der Waals surface area contributed by atoms with Crippen LogP contribution in [0.2, 0.25) is 20.1 Å². The van der Waals surface area contributed by atoms with Gasteiger partial charge in [-0.1, -0.05) is 253 Å². The summed E-state index contributed by atoms with van der Waals surface area (Å²) in [5.41, 5.74) is 10.7. The van der Waals surface area contributed by atoms with E-state index in [9.17, 15) is 4.79 Å². The molecule has 9 aromatic carbocycles. The molecule has 0 atom stereocenters. The van der Waals surface area contributed by atoms with Gasteiger partial charge in [0.05, 0.1) is 25.7 Å². The maximum absolute atomic E-state index is 14.5. The zero-order valence-electron chi connectivity index (χ0n) is 39.1. The highest BCUT2D eigenvalue weighted by Crippen LogP contribution is 2.53. The molecule has 0 unspecified atom stereocenters. The van der Waals surface area contributed by atoms with Crippen molar-refractivity contribution in [1.29, 1.82) is 0 Å². The van der Waals surface area contributed by atoms with E-state index in [1.165, 1.54) is 22.3 Å². The molecule has 1 aliphatic rings. The molecular weight excluding hydrogens is 971 g/mol. The summed E-state index contributed by atoms with van der Waals surface area (Å²) in [6.07, 6.45) is 3.94. The Morgan fingerprint density at radius 2 is 0.667 bits per heavy atom. The average Bonchev–Trinajstić information content (AvgIpc) is 3.72. The topological polar surface area (TPSA) is 32.8 Å². The van der Waals surface area contributed by atoms with Crippen molar-refractivity contribution < 1.29 is 9.53 Å². The number of cyclic esters (lactones) is 1. The Morgan fingerprint density at radius 1 is 0.375 bits per heavy atom. The molecule has 0 fully saturated rings. The van der Waals surface area contributed by atoms with Crippen molar-refractivity contribution in [3.05, 3.63) is 318 Å². The van der Waals surface area contributed by atoms with Gasteiger partial charge in [0.1, 0.15) is 0 Å². The van der Waals surface area contributed by atoms with Gasteiger partial charge >= 0.3 is 5.97 Å². The summed E-state index contributed by atoms with van der Waals surface area (Å²) in [6.45, 7) is 2.84. The first kappa shape index (κ1) is 48.3. The molecule has 9 aromatic rings. The second-order valence-electron chi connectivity index (χ2n) is 17.8. The van der Waals surface area contributed by atoms with Gasteiger partial charge in [0.25, 0.3) is 0 Å². The molecule has 8 heteroatoms. The fraction of sp³-hybridized carbons (Fsp3) is 0.0781. The Morgan fingerprint density at radius 3 is 1.00 bits per heavy atom. The fourth-order valence-electron chi connectivity index (χ4n) is 9.42. The predicted octanol–water partition coefficient (Wildman–Crippen LogP) is 17.3. The largest absolute Gasteiger partial charge is 0.442 e. The maximum atomic E-state index is 14.5. The minimum absolute atomic E-state index is 0.0216. The summed E-state index contributed by atoms with van der Waals surface area (Å²) in [5, 5.41) is 0.0444. The molecule has 4 nitrogen and oxygen atoms in total. The lowest BCUT2D eigenvalue weighted by atomic mass is 9.83. The number of hydrogen-bond acceptors (Lipinski definition) is 4. The fourth-order valence-corrected chi connectivity index (χ4v) is 10.5. The van der Waals surface area contributed by atoms with E-state index in [-0.39, 0.29) is 25.7 Å².